The minimum Gasteiger partial charge on any atom is -0.465 e. The molecule has 3 rings (SSSR count). The summed E-state index contributed by atoms with van der Waals surface area (Å²) in [4.78, 5) is 12.5. The van der Waals surface area contributed by atoms with E-state index in [1.54, 1.807) is 12.3 Å². The highest BCUT2D eigenvalue weighted by atomic mass is 35.5. The minimum atomic E-state index is -0.472. The lowest BCUT2D eigenvalue weighted by molar-refractivity contribution is 0.0600. The number of methoxy groups -OCH3 is 1. The molecule has 1 fully saturated rings. The SMILES string of the molecule is COC(=O)c1c(Cl)ccc(C(=S)c2cnoc2C2CC2)c1C. The molecule has 0 radical (unpaired) electrons. The van der Waals surface area contributed by atoms with Crippen LogP contribution in [-0.4, -0.2) is 23.1 Å². The fraction of sp³-hybridized carbons (Fsp3) is 0.312. The molecule has 1 aliphatic rings. The van der Waals surface area contributed by atoms with Gasteiger partial charge in [0.15, 0.2) is 0 Å². The Morgan fingerprint density at radius 2 is 2.14 bits per heavy atom. The topological polar surface area (TPSA) is 52.3 Å². The van der Waals surface area contributed by atoms with E-state index < -0.39 is 5.97 Å². The van der Waals surface area contributed by atoms with E-state index in [1.165, 1.54) is 7.11 Å². The number of rotatable bonds is 4. The Labute approximate surface area is 138 Å². The summed E-state index contributed by atoms with van der Waals surface area (Å²) in [6, 6.07) is 3.48. The van der Waals surface area contributed by atoms with Gasteiger partial charge < -0.3 is 9.26 Å². The number of hydrogen-bond donors (Lipinski definition) is 0. The van der Waals surface area contributed by atoms with Gasteiger partial charge in [-0.3, -0.25) is 0 Å². The fourth-order valence-electron chi connectivity index (χ4n) is 2.48. The summed E-state index contributed by atoms with van der Waals surface area (Å²) in [7, 11) is 1.33. The molecule has 0 N–H and O–H groups in total. The van der Waals surface area contributed by atoms with Crippen LogP contribution in [0, 0.1) is 6.92 Å². The predicted octanol–water partition coefficient (Wildman–Crippen LogP) is 4.07. The summed E-state index contributed by atoms with van der Waals surface area (Å²) >= 11 is 11.7. The van der Waals surface area contributed by atoms with Gasteiger partial charge in [0.25, 0.3) is 0 Å². The van der Waals surface area contributed by atoms with Crippen LogP contribution >= 0.6 is 23.8 Å². The van der Waals surface area contributed by atoms with Crippen molar-refractivity contribution < 1.29 is 14.1 Å². The number of ether oxygens (including phenoxy) is 1. The van der Waals surface area contributed by atoms with Gasteiger partial charge in [-0.1, -0.05) is 35.0 Å². The average molecular weight is 336 g/mol. The van der Waals surface area contributed by atoms with Gasteiger partial charge >= 0.3 is 5.97 Å². The van der Waals surface area contributed by atoms with Crippen LogP contribution in [0.15, 0.2) is 22.9 Å². The molecule has 22 heavy (non-hydrogen) atoms. The first-order valence-electron chi connectivity index (χ1n) is 6.91. The molecular formula is C16H14ClNO3S. The number of thiocarbonyl (C=S) groups is 1. The Balaban J connectivity index is 2.06. The maximum atomic E-state index is 11.9. The number of halogens is 1. The van der Waals surface area contributed by atoms with Crippen molar-refractivity contribution in [3.8, 4) is 0 Å². The van der Waals surface area contributed by atoms with Crippen LogP contribution in [0.4, 0.5) is 0 Å². The lowest BCUT2D eigenvalue weighted by atomic mass is 9.96. The Bertz CT molecular complexity index is 765. The first-order chi connectivity index (χ1) is 10.5. The summed E-state index contributed by atoms with van der Waals surface area (Å²) in [6.07, 6.45) is 3.83. The Morgan fingerprint density at radius 1 is 1.41 bits per heavy atom. The van der Waals surface area contributed by atoms with Crippen molar-refractivity contribution in [3.05, 3.63) is 51.4 Å². The van der Waals surface area contributed by atoms with Crippen molar-refractivity contribution in [3.63, 3.8) is 0 Å². The summed E-state index contributed by atoms with van der Waals surface area (Å²) in [6.45, 7) is 1.81. The zero-order valence-electron chi connectivity index (χ0n) is 12.2. The van der Waals surface area contributed by atoms with Crippen LogP contribution in [-0.2, 0) is 4.74 Å². The minimum absolute atomic E-state index is 0.341. The molecule has 0 aliphatic heterocycles. The van der Waals surface area contributed by atoms with E-state index in [2.05, 4.69) is 5.16 Å². The van der Waals surface area contributed by atoms with Crippen molar-refractivity contribution in [2.24, 2.45) is 0 Å². The highest BCUT2D eigenvalue weighted by Crippen LogP contribution is 2.42. The maximum absolute atomic E-state index is 11.9. The molecule has 1 aromatic carbocycles. The van der Waals surface area contributed by atoms with Crippen molar-refractivity contribution in [2.45, 2.75) is 25.7 Å². The molecule has 0 saturated heterocycles. The summed E-state index contributed by atoms with van der Waals surface area (Å²) < 4.78 is 10.1. The molecule has 6 heteroatoms. The molecule has 1 heterocycles. The second kappa shape index (κ2) is 5.82. The third-order valence-electron chi connectivity index (χ3n) is 3.84. The van der Waals surface area contributed by atoms with E-state index in [-0.39, 0.29) is 0 Å². The van der Waals surface area contributed by atoms with E-state index in [1.807, 2.05) is 13.0 Å². The largest absolute Gasteiger partial charge is 0.465 e. The van der Waals surface area contributed by atoms with Gasteiger partial charge in [0, 0.05) is 5.92 Å². The molecule has 4 nitrogen and oxygen atoms in total. The molecular weight excluding hydrogens is 322 g/mol. The van der Waals surface area contributed by atoms with Crippen molar-refractivity contribution >= 4 is 34.7 Å². The summed E-state index contributed by atoms with van der Waals surface area (Å²) in [5, 5.41) is 4.22. The second-order valence-electron chi connectivity index (χ2n) is 5.29. The molecule has 0 amide bonds. The number of carbonyl (C=O) groups excluding carboxylic acids is 1. The van der Waals surface area contributed by atoms with E-state index in [0.29, 0.717) is 26.9 Å². The first-order valence-corrected chi connectivity index (χ1v) is 7.70. The van der Waals surface area contributed by atoms with E-state index in [9.17, 15) is 4.79 Å². The third kappa shape index (κ3) is 2.55. The quantitative estimate of drug-likeness (QED) is 0.479. The normalized spacial score (nSPS) is 14.0. The van der Waals surface area contributed by atoms with Gasteiger partial charge in [-0.2, -0.15) is 0 Å². The van der Waals surface area contributed by atoms with Gasteiger partial charge in [-0.15, -0.1) is 0 Å². The molecule has 0 bridgehead atoms. The number of carbonyl (C=O) groups is 1. The Hall–Kier alpha value is -1.72. The third-order valence-corrected chi connectivity index (χ3v) is 4.59. The molecule has 0 atom stereocenters. The molecule has 0 spiro atoms. The van der Waals surface area contributed by atoms with Gasteiger partial charge in [0.05, 0.1) is 34.3 Å². The van der Waals surface area contributed by atoms with Crippen LogP contribution in [0.25, 0.3) is 0 Å². The zero-order valence-corrected chi connectivity index (χ0v) is 13.8. The van der Waals surface area contributed by atoms with Gasteiger partial charge in [-0.05, 0) is 37.0 Å². The smallest absolute Gasteiger partial charge is 0.339 e. The predicted molar refractivity (Wildman–Crippen MR) is 86.8 cm³/mol. The van der Waals surface area contributed by atoms with Crippen LogP contribution < -0.4 is 0 Å². The zero-order chi connectivity index (χ0) is 15.9. The standard InChI is InChI=1S/C16H14ClNO3S/c1-8-10(5-6-12(17)13(8)16(19)20-2)15(22)11-7-18-21-14(11)9-3-4-9/h5-7,9H,3-4H2,1-2H3. The molecule has 114 valence electrons. The monoisotopic (exact) mass is 335 g/mol. The second-order valence-corrected chi connectivity index (χ2v) is 6.11. The Kier molecular flexibility index (Phi) is 4.02. The highest BCUT2D eigenvalue weighted by Gasteiger charge is 2.32. The lowest BCUT2D eigenvalue weighted by Gasteiger charge is -2.12. The number of nitrogens with zero attached hydrogens (tertiary/aromatic N) is 1. The maximum Gasteiger partial charge on any atom is 0.339 e. The van der Waals surface area contributed by atoms with E-state index >= 15 is 0 Å². The van der Waals surface area contributed by atoms with Crippen LogP contribution in [0.5, 0.6) is 0 Å². The van der Waals surface area contributed by atoms with E-state index in [0.717, 1.165) is 29.7 Å². The lowest BCUT2D eigenvalue weighted by Crippen LogP contribution is -2.10. The molecule has 1 saturated carbocycles. The average Bonchev–Trinajstić information content (AvgIpc) is 3.23. The molecule has 0 unspecified atom stereocenters. The van der Waals surface area contributed by atoms with Gasteiger partial charge in [-0.25, -0.2) is 4.79 Å². The van der Waals surface area contributed by atoms with Crippen LogP contribution in [0.1, 0.15) is 51.6 Å². The van der Waals surface area contributed by atoms with Crippen LogP contribution in [0.3, 0.4) is 0 Å². The molecule has 1 aliphatic carbocycles. The Morgan fingerprint density at radius 3 is 2.77 bits per heavy atom. The highest BCUT2D eigenvalue weighted by molar-refractivity contribution is 7.81. The summed E-state index contributed by atoms with van der Waals surface area (Å²) in [5.41, 5.74) is 2.63. The number of benzene rings is 1. The number of esters is 1. The van der Waals surface area contributed by atoms with Crippen molar-refractivity contribution in [1.82, 2.24) is 5.16 Å². The van der Waals surface area contributed by atoms with Crippen molar-refractivity contribution in [1.29, 1.82) is 0 Å². The van der Waals surface area contributed by atoms with Crippen LogP contribution in [0.2, 0.25) is 5.02 Å². The van der Waals surface area contributed by atoms with E-state index in [4.69, 9.17) is 33.1 Å². The molecule has 1 aromatic heterocycles. The fourth-order valence-corrected chi connectivity index (χ4v) is 3.14. The molecule has 2 aromatic rings. The van der Waals surface area contributed by atoms with Gasteiger partial charge in [0.1, 0.15) is 5.76 Å². The first kappa shape index (κ1) is 15.2. The van der Waals surface area contributed by atoms with Crippen molar-refractivity contribution in [2.75, 3.05) is 7.11 Å². The summed E-state index contributed by atoms with van der Waals surface area (Å²) in [5.74, 6) is 0.766. The number of hydrogen-bond acceptors (Lipinski definition) is 5. The van der Waals surface area contributed by atoms with Gasteiger partial charge in [0.2, 0.25) is 0 Å². The number of aromatic nitrogens is 1.